The summed E-state index contributed by atoms with van der Waals surface area (Å²) in [6.45, 7) is 0.137. The van der Waals surface area contributed by atoms with E-state index in [9.17, 15) is 10.1 Å². The van der Waals surface area contributed by atoms with Crippen LogP contribution >= 0.6 is 0 Å². The number of carbonyl (C=O) groups excluding carboxylic acids is 1. The van der Waals surface area contributed by atoms with Crippen LogP contribution in [0.15, 0.2) is 86.6 Å². The predicted molar refractivity (Wildman–Crippen MR) is 132 cm³/mol. The van der Waals surface area contributed by atoms with Gasteiger partial charge >= 0.3 is 5.97 Å². The summed E-state index contributed by atoms with van der Waals surface area (Å²) in [7, 11) is 0. The van der Waals surface area contributed by atoms with Crippen molar-refractivity contribution in [2.24, 2.45) is 0 Å². The summed E-state index contributed by atoms with van der Waals surface area (Å²) < 4.78 is 21.5. The lowest BCUT2D eigenvalue weighted by atomic mass is 10.2. The van der Waals surface area contributed by atoms with Gasteiger partial charge in [-0.1, -0.05) is 42.1 Å². The first kappa shape index (κ1) is 25.1. The molecule has 0 N–H and O–H groups in total. The highest BCUT2D eigenvalue weighted by Gasteiger charge is 2.12. The zero-order chi connectivity index (χ0) is 25.9. The molecule has 2 heterocycles. The summed E-state index contributed by atoms with van der Waals surface area (Å²) in [4.78, 5) is 22.0. The molecule has 0 aliphatic rings. The van der Waals surface area contributed by atoms with Gasteiger partial charge in [0.25, 0.3) is 5.76 Å². The number of fused-ring (bicyclic) bond motifs is 2. The van der Waals surface area contributed by atoms with E-state index >= 15 is 0 Å². The van der Waals surface area contributed by atoms with Crippen LogP contribution in [0.25, 0.3) is 34.1 Å². The number of hydrogen-bond donors (Lipinski definition) is 0. The Hall–Kier alpha value is -5.05. The van der Waals surface area contributed by atoms with Crippen LogP contribution in [0, 0.1) is 22.7 Å². The van der Waals surface area contributed by atoms with Crippen molar-refractivity contribution in [3.63, 3.8) is 0 Å². The minimum absolute atomic E-state index is 0.0147. The van der Waals surface area contributed by atoms with Crippen LogP contribution in [0.4, 0.5) is 0 Å². The standard InChI is InChI=1S/C28H20N2O7/c29-18-22(17-25-16-21-6-2-4-8-27(21)36-25)28(31)33-13-11-32-12-14-34-37-24(19-30)10-9-23-15-20-5-1-3-7-26(20)35-23/h1-9,15-17H,11-14H2/b22-17-. The molecule has 4 rings (SSSR count). The molecule has 2 aromatic heterocycles. The van der Waals surface area contributed by atoms with Gasteiger partial charge in [-0.15, -0.1) is 0 Å². The molecule has 0 fully saturated rings. The third-order valence-electron chi connectivity index (χ3n) is 4.88. The van der Waals surface area contributed by atoms with Crippen LogP contribution in [0.3, 0.4) is 0 Å². The zero-order valence-corrected chi connectivity index (χ0v) is 19.5. The number of ether oxygens (including phenoxy) is 2. The summed E-state index contributed by atoms with van der Waals surface area (Å²) in [6.07, 6.45) is 2.81. The lowest BCUT2D eigenvalue weighted by Gasteiger charge is -2.05. The Morgan fingerprint density at radius 1 is 0.838 bits per heavy atom. The highest BCUT2D eigenvalue weighted by atomic mass is 17.2. The van der Waals surface area contributed by atoms with Gasteiger partial charge in [0.15, 0.2) is 6.07 Å². The number of furan rings is 2. The number of hydrogen-bond acceptors (Lipinski definition) is 9. The van der Waals surface area contributed by atoms with Crippen molar-refractivity contribution in [2.75, 3.05) is 26.4 Å². The lowest BCUT2D eigenvalue weighted by molar-refractivity contribution is -0.263. The third kappa shape index (κ3) is 6.98. The number of rotatable bonds is 11. The quantitative estimate of drug-likeness (QED) is 0.0396. The second-order valence-electron chi connectivity index (χ2n) is 7.43. The van der Waals surface area contributed by atoms with E-state index in [4.69, 9.17) is 33.3 Å². The number of para-hydroxylation sites is 2. The van der Waals surface area contributed by atoms with Crippen molar-refractivity contribution in [3.05, 3.63) is 89.2 Å². The molecule has 0 bridgehead atoms. The average Bonchev–Trinajstić information content (AvgIpc) is 3.53. The van der Waals surface area contributed by atoms with Crippen LogP contribution in [-0.4, -0.2) is 32.4 Å². The number of carbonyl (C=O) groups is 1. The topological polar surface area (TPSA) is 128 Å². The fourth-order valence-electron chi connectivity index (χ4n) is 3.20. The van der Waals surface area contributed by atoms with Crippen LogP contribution in [0.2, 0.25) is 0 Å². The molecular formula is C28H20N2O7. The highest BCUT2D eigenvalue weighted by molar-refractivity contribution is 5.98. The van der Waals surface area contributed by atoms with Crippen molar-refractivity contribution >= 4 is 40.1 Å². The van der Waals surface area contributed by atoms with E-state index in [2.05, 4.69) is 5.73 Å². The van der Waals surface area contributed by atoms with Crippen LogP contribution in [0.5, 0.6) is 0 Å². The Morgan fingerprint density at radius 2 is 1.49 bits per heavy atom. The summed E-state index contributed by atoms with van der Waals surface area (Å²) >= 11 is 0. The van der Waals surface area contributed by atoms with Gasteiger partial charge in [-0.05, 0) is 24.3 Å². The number of benzene rings is 2. The van der Waals surface area contributed by atoms with E-state index in [0.29, 0.717) is 17.1 Å². The Kier molecular flexibility index (Phi) is 8.53. The maximum atomic E-state index is 12.1. The first-order chi connectivity index (χ1) is 18.2. The summed E-state index contributed by atoms with van der Waals surface area (Å²) in [5.74, 6) is -0.0791. The van der Waals surface area contributed by atoms with Gasteiger partial charge < -0.3 is 23.2 Å². The SMILES string of the molecule is N#CC(=C=Cc1cc2ccccc2o1)OOCCOCCOC(=O)/C(C#N)=C\c1cc2ccccc2o1. The minimum atomic E-state index is -0.786. The molecule has 0 atom stereocenters. The van der Waals surface area contributed by atoms with Gasteiger partial charge in [0.1, 0.15) is 47.5 Å². The van der Waals surface area contributed by atoms with Crippen LogP contribution < -0.4 is 0 Å². The molecular weight excluding hydrogens is 476 g/mol. The Labute approximate surface area is 211 Å². The fraction of sp³-hybridized carbons (Fsp3) is 0.143. The highest BCUT2D eigenvalue weighted by Crippen LogP contribution is 2.21. The van der Waals surface area contributed by atoms with Crippen molar-refractivity contribution < 1.29 is 32.9 Å². The van der Waals surface area contributed by atoms with E-state index in [-0.39, 0.29) is 37.8 Å². The molecule has 0 aliphatic carbocycles. The largest absolute Gasteiger partial charge is 0.459 e. The first-order valence-electron chi connectivity index (χ1n) is 11.2. The smallest absolute Gasteiger partial charge is 0.349 e. The molecule has 37 heavy (non-hydrogen) atoms. The van der Waals surface area contributed by atoms with E-state index < -0.39 is 5.97 Å². The number of allylic oxidation sites excluding steroid dienone is 1. The molecule has 0 unspecified atom stereocenters. The second-order valence-corrected chi connectivity index (χ2v) is 7.43. The van der Waals surface area contributed by atoms with Crippen molar-refractivity contribution in [2.45, 2.75) is 0 Å². The Bertz CT molecular complexity index is 1510. The maximum absolute atomic E-state index is 12.1. The molecule has 0 amide bonds. The van der Waals surface area contributed by atoms with Gasteiger partial charge in [-0.25, -0.2) is 4.79 Å². The molecule has 0 radical (unpaired) electrons. The molecule has 2 aromatic carbocycles. The summed E-state index contributed by atoms with van der Waals surface area (Å²) in [5.41, 5.74) is 3.85. The predicted octanol–water partition coefficient (Wildman–Crippen LogP) is 5.31. The molecule has 4 aromatic rings. The number of nitriles is 2. The van der Waals surface area contributed by atoms with Gasteiger partial charge in [0.2, 0.25) is 0 Å². The van der Waals surface area contributed by atoms with Crippen LogP contribution in [0.1, 0.15) is 11.5 Å². The lowest BCUT2D eigenvalue weighted by Crippen LogP contribution is -2.13. The van der Waals surface area contributed by atoms with E-state index in [1.54, 1.807) is 12.1 Å². The minimum Gasteiger partial charge on any atom is -0.459 e. The second kappa shape index (κ2) is 12.6. The molecule has 9 heteroatoms. The molecule has 9 nitrogen and oxygen atoms in total. The fourth-order valence-corrected chi connectivity index (χ4v) is 3.20. The zero-order valence-electron chi connectivity index (χ0n) is 19.5. The average molecular weight is 496 g/mol. The Balaban J connectivity index is 1.15. The monoisotopic (exact) mass is 496 g/mol. The first-order valence-corrected chi connectivity index (χ1v) is 11.2. The van der Waals surface area contributed by atoms with E-state index in [1.807, 2.05) is 60.7 Å². The molecule has 0 spiro atoms. The van der Waals surface area contributed by atoms with Crippen LogP contribution in [-0.2, 0) is 24.0 Å². The maximum Gasteiger partial charge on any atom is 0.349 e. The molecule has 0 aliphatic heterocycles. The molecule has 0 saturated carbocycles. The number of nitrogens with zero attached hydrogens (tertiary/aromatic N) is 2. The normalized spacial score (nSPS) is 10.9. The van der Waals surface area contributed by atoms with E-state index in [1.165, 1.54) is 12.2 Å². The Morgan fingerprint density at radius 3 is 2.16 bits per heavy atom. The summed E-state index contributed by atoms with van der Waals surface area (Å²) in [5, 5.41) is 20.2. The van der Waals surface area contributed by atoms with Gasteiger partial charge in [0.05, 0.1) is 13.2 Å². The summed E-state index contributed by atoms with van der Waals surface area (Å²) in [6, 6.07) is 22.0. The third-order valence-corrected chi connectivity index (χ3v) is 4.88. The molecule has 184 valence electrons. The van der Waals surface area contributed by atoms with Crippen molar-refractivity contribution in [1.82, 2.24) is 0 Å². The van der Waals surface area contributed by atoms with Gasteiger partial charge in [-0.2, -0.15) is 15.4 Å². The molecule has 0 saturated heterocycles. The number of esters is 1. The van der Waals surface area contributed by atoms with Gasteiger partial charge in [-0.3, -0.25) is 0 Å². The van der Waals surface area contributed by atoms with Crippen molar-refractivity contribution in [3.8, 4) is 12.1 Å². The van der Waals surface area contributed by atoms with Crippen molar-refractivity contribution in [1.29, 1.82) is 10.5 Å². The van der Waals surface area contributed by atoms with E-state index in [0.717, 1.165) is 16.4 Å². The van der Waals surface area contributed by atoms with Gasteiger partial charge in [0, 0.05) is 22.9 Å².